The van der Waals surface area contributed by atoms with Crippen LogP contribution in [0.25, 0.3) is 0 Å². The molecule has 0 saturated heterocycles. The molecule has 186 valence electrons. The van der Waals surface area contributed by atoms with Crippen LogP contribution >= 0.6 is 11.6 Å². The standard InChI is InChI=1S/C24H28ClF3N2O3S/c1-15-11-16(2)23(17(3)12-15)34(32,33)30(19-7-5-4-6-8-19)14-22(31)29-21-10-9-18(25)13-20(21)24(26,27)28/h9-13,19H,4-8,14H2,1-3H3,(H,29,31). The normalized spacial score (nSPS) is 15.5. The number of hydrogen-bond acceptors (Lipinski definition) is 3. The van der Waals surface area contributed by atoms with Gasteiger partial charge in [-0.25, -0.2) is 8.42 Å². The van der Waals surface area contributed by atoms with E-state index < -0.39 is 45.9 Å². The minimum Gasteiger partial charge on any atom is -0.324 e. The summed E-state index contributed by atoms with van der Waals surface area (Å²) in [7, 11) is -4.08. The Bertz CT molecular complexity index is 1150. The van der Waals surface area contributed by atoms with Gasteiger partial charge in [-0.05, 0) is 62.9 Å². The second-order valence-electron chi connectivity index (χ2n) is 8.81. The van der Waals surface area contributed by atoms with Crippen LogP contribution in [0.1, 0.15) is 54.4 Å². The van der Waals surface area contributed by atoms with Gasteiger partial charge in [0.25, 0.3) is 0 Å². The number of alkyl halides is 3. The van der Waals surface area contributed by atoms with Crippen molar-refractivity contribution < 1.29 is 26.4 Å². The van der Waals surface area contributed by atoms with Crippen molar-refractivity contribution in [3.63, 3.8) is 0 Å². The van der Waals surface area contributed by atoms with Crippen LogP contribution in [0.3, 0.4) is 0 Å². The van der Waals surface area contributed by atoms with Gasteiger partial charge in [0.1, 0.15) is 0 Å². The first kappa shape index (κ1) is 26.5. The molecule has 2 aromatic carbocycles. The fraction of sp³-hybridized carbons (Fsp3) is 0.458. The molecule has 34 heavy (non-hydrogen) atoms. The van der Waals surface area contributed by atoms with Crippen LogP contribution in [0.5, 0.6) is 0 Å². The first-order chi connectivity index (χ1) is 15.8. The molecule has 0 heterocycles. The summed E-state index contributed by atoms with van der Waals surface area (Å²) in [6, 6.07) is 6.16. The number of benzene rings is 2. The lowest BCUT2D eigenvalue weighted by Gasteiger charge is -2.34. The van der Waals surface area contributed by atoms with Crippen molar-refractivity contribution in [2.24, 2.45) is 0 Å². The Labute approximate surface area is 203 Å². The van der Waals surface area contributed by atoms with Crippen LogP contribution in [0.15, 0.2) is 35.2 Å². The molecule has 0 radical (unpaired) electrons. The molecule has 0 aromatic heterocycles. The average Bonchev–Trinajstić information content (AvgIpc) is 2.72. The molecule has 1 saturated carbocycles. The Kier molecular flexibility index (Phi) is 7.99. The van der Waals surface area contributed by atoms with E-state index in [1.807, 2.05) is 6.92 Å². The zero-order valence-electron chi connectivity index (χ0n) is 19.3. The van der Waals surface area contributed by atoms with Gasteiger partial charge in [0.2, 0.25) is 15.9 Å². The maximum atomic E-state index is 13.8. The monoisotopic (exact) mass is 516 g/mol. The molecular weight excluding hydrogens is 489 g/mol. The molecule has 0 bridgehead atoms. The molecule has 1 aliphatic carbocycles. The molecule has 3 rings (SSSR count). The smallest absolute Gasteiger partial charge is 0.324 e. The number of nitrogens with one attached hydrogen (secondary N) is 1. The van der Waals surface area contributed by atoms with Gasteiger partial charge in [-0.3, -0.25) is 4.79 Å². The minimum absolute atomic E-state index is 0.123. The number of rotatable bonds is 6. The zero-order chi connectivity index (χ0) is 25.3. The van der Waals surface area contributed by atoms with E-state index in [0.29, 0.717) is 24.0 Å². The summed E-state index contributed by atoms with van der Waals surface area (Å²) in [6.45, 7) is 4.69. The van der Waals surface area contributed by atoms with E-state index in [4.69, 9.17) is 11.6 Å². The predicted molar refractivity (Wildman–Crippen MR) is 127 cm³/mol. The average molecular weight is 517 g/mol. The van der Waals surface area contributed by atoms with Crippen LogP contribution in [0.2, 0.25) is 5.02 Å². The quantitative estimate of drug-likeness (QED) is 0.493. The second-order valence-corrected chi connectivity index (χ2v) is 11.1. The van der Waals surface area contributed by atoms with Crippen molar-refractivity contribution >= 4 is 33.2 Å². The molecule has 1 fully saturated rings. The first-order valence-corrected chi connectivity index (χ1v) is 12.9. The van der Waals surface area contributed by atoms with Gasteiger partial charge in [0.15, 0.2) is 0 Å². The van der Waals surface area contributed by atoms with Crippen LogP contribution in [0, 0.1) is 20.8 Å². The van der Waals surface area contributed by atoms with E-state index in [-0.39, 0.29) is 9.92 Å². The molecule has 0 aliphatic heterocycles. The van der Waals surface area contributed by atoms with E-state index in [2.05, 4.69) is 5.32 Å². The fourth-order valence-corrected chi connectivity index (χ4v) is 6.89. The largest absolute Gasteiger partial charge is 0.418 e. The van der Waals surface area contributed by atoms with Crippen molar-refractivity contribution in [1.82, 2.24) is 4.31 Å². The number of amides is 1. The third-order valence-electron chi connectivity index (χ3n) is 6.01. The van der Waals surface area contributed by atoms with Gasteiger partial charge in [0.05, 0.1) is 22.7 Å². The number of halogens is 4. The molecule has 5 nitrogen and oxygen atoms in total. The highest BCUT2D eigenvalue weighted by molar-refractivity contribution is 7.89. The van der Waals surface area contributed by atoms with Crippen LogP contribution in [0.4, 0.5) is 18.9 Å². The van der Waals surface area contributed by atoms with Crippen molar-refractivity contribution in [3.05, 3.63) is 57.6 Å². The number of anilines is 1. The van der Waals surface area contributed by atoms with E-state index >= 15 is 0 Å². The predicted octanol–water partition coefficient (Wildman–Crippen LogP) is 6.25. The van der Waals surface area contributed by atoms with E-state index in [9.17, 15) is 26.4 Å². The molecule has 0 unspecified atom stereocenters. The summed E-state index contributed by atoms with van der Waals surface area (Å²) in [4.78, 5) is 13.1. The molecule has 10 heteroatoms. The molecule has 1 aliphatic rings. The highest BCUT2D eigenvalue weighted by Crippen LogP contribution is 2.37. The lowest BCUT2D eigenvalue weighted by Crippen LogP contribution is -2.46. The Morgan fingerprint density at radius 1 is 1.06 bits per heavy atom. The van der Waals surface area contributed by atoms with Gasteiger partial charge >= 0.3 is 6.18 Å². The van der Waals surface area contributed by atoms with Gasteiger partial charge in [0, 0.05) is 11.1 Å². The molecule has 0 spiro atoms. The van der Waals surface area contributed by atoms with Gasteiger partial charge < -0.3 is 5.32 Å². The molecular formula is C24H28ClF3N2O3S. The van der Waals surface area contributed by atoms with Crippen molar-refractivity contribution in [2.75, 3.05) is 11.9 Å². The summed E-state index contributed by atoms with van der Waals surface area (Å²) in [5, 5.41) is 2.13. The Morgan fingerprint density at radius 3 is 2.21 bits per heavy atom. The van der Waals surface area contributed by atoms with Crippen molar-refractivity contribution in [1.29, 1.82) is 0 Å². The topological polar surface area (TPSA) is 66.5 Å². The number of nitrogens with zero attached hydrogens (tertiary/aromatic N) is 1. The zero-order valence-corrected chi connectivity index (χ0v) is 20.9. The SMILES string of the molecule is Cc1cc(C)c(S(=O)(=O)N(CC(=O)Nc2ccc(Cl)cc2C(F)(F)F)C2CCCCC2)c(C)c1. The summed E-state index contributed by atoms with van der Waals surface area (Å²) in [5.74, 6) is -0.843. The van der Waals surface area contributed by atoms with E-state index in [0.717, 1.165) is 41.3 Å². The lowest BCUT2D eigenvalue weighted by atomic mass is 9.95. The summed E-state index contributed by atoms with van der Waals surface area (Å²) < 4.78 is 69.1. The number of hydrogen-bond donors (Lipinski definition) is 1. The maximum Gasteiger partial charge on any atom is 0.418 e. The van der Waals surface area contributed by atoms with Gasteiger partial charge in [-0.15, -0.1) is 0 Å². The van der Waals surface area contributed by atoms with Gasteiger partial charge in [-0.2, -0.15) is 17.5 Å². The lowest BCUT2D eigenvalue weighted by molar-refractivity contribution is -0.137. The summed E-state index contributed by atoms with van der Waals surface area (Å²) in [5.41, 5.74) is 0.487. The van der Waals surface area contributed by atoms with Crippen molar-refractivity contribution in [2.45, 2.75) is 70.0 Å². The van der Waals surface area contributed by atoms with E-state index in [1.54, 1.807) is 26.0 Å². The van der Waals surface area contributed by atoms with E-state index in [1.165, 1.54) is 6.07 Å². The number of sulfonamides is 1. The molecule has 1 N–H and O–H groups in total. The van der Waals surface area contributed by atoms with Crippen LogP contribution in [-0.2, 0) is 21.0 Å². The number of aryl methyl sites for hydroxylation is 3. The number of carbonyl (C=O) groups is 1. The highest BCUT2D eigenvalue weighted by Gasteiger charge is 2.37. The minimum atomic E-state index is -4.74. The summed E-state index contributed by atoms with van der Waals surface area (Å²) in [6.07, 6.45) is -0.951. The molecule has 0 atom stereocenters. The third-order valence-corrected chi connectivity index (χ3v) is 8.45. The number of carbonyl (C=O) groups excluding carboxylic acids is 1. The Balaban J connectivity index is 1.97. The Morgan fingerprint density at radius 2 is 1.65 bits per heavy atom. The molecule has 2 aromatic rings. The molecule has 1 amide bonds. The summed E-state index contributed by atoms with van der Waals surface area (Å²) >= 11 is 5.71. The fourth-order valence-electron chi connectivity index (χ4n) is 4.66. The second kappa shape index (κ2) is 10.3. The van der Waals surface area contributed by atoms with Crippen LogP contribution in [-0.4, -0.2) is 31.2 Å². The van der Waals surface area contributed by atoms with Gasteiger partial charge in [-0.1, -0.05) is 48.6 Å². The maximum absolute atomic E-state index is 13.8. The third kappa shape index (κ3) is 5.93. The Hall–Kier alpha value is -2.10. The first-order valence-electron chi connectivity index (χ1n) is 11.1. The highest BCUT2D eigenvalue weighted by atomic mass is 35.5. The van der Waals surface area contributed by atoms with Crippen LogP contribution < -0.4 is 5.32 Å². The van der Waals surface area contributed by atoms with Crippen molar-refractivity contribution in [3.8, 4) is 0 Å².